The van der Waals surface area contributed by atoms with E-state index in [0.717, 1.165) is 21.9 Å². The second-order valence-electron chi connectivity index (χ2n) is 3.27. The van der Waals surface area contributed by atoms with Crippen LogP contribution in [-0.4, -0.2) is 26.4 Å². The van der Waals surface area contributed by atoms with Crippen molar-refractivity contribution in [1.29, 1.82) is 0 Å². The summed E-state index contributed by atoms with van der Waals surface area (Å²) < 4.78 is 1.10. The van der Waals surface area contributed by atoms with Gasteiger partial charge in [0, 0.05) is 11.1 Å². The molecule has 0 aromatic carbocycles. The molecule has 0 atom stereocenters. The van der Waals surface area contributed by atoms with Gasteiger partial charge in [0.15, 0.2) is 4.96 Å². The van der Waals surface area contributed by atoms with E-state index < -0.39 is 23.0 Å². The number of aromatic carboxylic acids is 1. The number of carbonyl (C=O) groups is 2. The van der Waals surface area contributed by atoms with Crippen LogP contribution in [0.15, 0.2) is 16.4 Å². The molecule has 1 amide bonds. The number of thiazole rings is 1. The average Bonchev–Trinajstić information content (AvgIpc) is 2.61. The Hall–Kier alpha value is -2.22. The van der Waals surface area contributed by atoms with E-state index in [1.165, 1.54) is 0 Å². The highest BCUT2D eigenvalue weighted by molar-refractivity contribution is 7.15. The molecule has 0 aliphatic heterocycles. The maximum atomic E-state index is 11.8. The molecule has 0 bridgehead atoms. The first-order valence-electron chi connectivity index (χ1n) is 4.50. The van der Waals surface area contributed by atoms with Gasteiger partial charge in [-0.05, 0) is 0 Å². The van der Waals surface area contributed by atoms with Crippen LogP contribution < -0.4 is 11.3 Å². The molecule has 0 aliphatic rings. The second-order valence-corrected chi connectivity index (χ2v) is 4.11. The van der Waals surface area contributed by atoms with Crippen LogP contribution in [0.2, 0.25) is 0 Å². The predicted molar refractivity (Wildman–Crippen MR) is 59.2 cm³/mol. The van der Waals surface area contributed by atoms with E-state index in [-0.39, 0.29) is 6.42 Å². The van der Waals surface area contributed by atoms with E-state index in [1.807, 2.05) is 0 Å². The van der Waals surface area contributed by atoms with E-state index >= 15 is 0 Å². The number of carboxylic acids is 1. The number of rotatable bonds is 3. The van der Waals surface area contributed by atoms with Crippen LogP contribution in [-0.2, 0) is 11.2 Å². The standard InChI is InChI=1S/C9H7N3O4S/c10-6(13)1-4-3-17-9-11-2-5(8(15)16)7(14)12(4)9/h2-3H,1H2,(H2,10,13)(H,15,16). The molecule has 0 aliphatic carbocycles. The molecule has 0 saturated carbocycles. The lowest BCUT2D eigenvalue weighted by molar-refractivity contribution is -0.117. The zero-order valence-corrected chi connectivity index (χ0v) is 9.23. The van der Waals surface area contributed by atoms with Crippen LogP contribution in [0.1, 0.15) is 16.1 Å². The fourth-order valence-electron chi connectivity index (χ4n) is 1.40. The Morgan fingerprint density at radius 3 is 2.82 bits per heavy atom. The highest BCUT2D eigenvalue weighted by Gasteiger charge is 2.15. The average molecular weight is 253 g/mol. The van der Waals surface area contributed by atoms with Crippen molar-refractivity contribution in [3.63, 3.8) is 0 Å². The van der Waals surface area contributed by atoms with Crippen molar-refractivity contribution in [2.24, 2.45) is 5.73 Å². The molecule has 0 saturated heterocycles. The highest BCUT2D eigenvalue weighted by Crippen LogP contribution is 2.12. The summed E-state index contributed by atoms with van der Waals surface area (Å²) in [7, 11) is 0. The number of amides is 1. The predicted octanol–water partition coefficient (Wildman–Crippen LogP) is -0.518. The van der Waals surface area contributed by atoms with Gasteiger partial charge in [0.2, 0.25) is 5.91 Å². The first-order valence-corrected chi connectivity index (χ1v) is 5.38. The summed E-state index contributed by atoms with van der Waals surface area (Å²) in [6.45, 7) is 0. The number of carboxylic acid groups (broad SMARTS) is 1. The zero-order valence-electron chi connectivity index (χ0n) is 8.41. The molecular weight excluding hydrogens is 246 g/mol. The van der Waals surface area contributed by atoms with Crippen molar-refractivity contribution in [2.45, 2.75) is 6.42 Å². The van der Waals surface area contributed by atoms with Gasteiger partial charge in [0.1, 0.15) is 5.56 Å². The minimum Gasteiger partial charge on any atom is -0.477 e. The van der Waals surface area contributed by atoms with Gasteiger partial charge < -0.3 is 10.8 Å². The normalized spacial score (nSPS) is 10.6. The largest absolute Gasteiger partial charge is 0.477 e. The minimum atomic E-state index is -1.35. The summed E-state index contributed by atoms with van der Waals surface area (Å²) in [5, 5.41) is 10.3. The molecule has 0 radical (unpaired) electrons. The van der Waals surface area contributed by atoms with Crippen molar-refractivity contribution in [3.05, 3.63) is 33.2 Å². The molecule has 8 heteroatoms. The fraction of sp³-hybridized carbons (Fsp3) is 0.111. The Labute approximate surface area is 98.1 Å². The Balaban J connectivity index is 2.73. The Kier molecular flexibility index (Phi) is 2.64. The Morgan fingerprint density at radius 2 is 2.24 bits per heavy atom. The number of primary amides is 1. The van der Waals surface area contributed by atoms with Gasteiger partial charge in [-0.3, -0.25) is 14.0 Å². The first-order chi connectivity index (χ1) is 8.00. The van der Waals surface area contributed by atoms with E-state index in [1.54, 1.807) is 5.38 Å². The van der Waals surface area contributed by atoms with Crippen LogP contribution in [0, 0.1) is 0 Å². The van der Waals surface area contributed by atoms with E-state index in [2.05, 4.69) is 4.98 Å². The minimum absolute atomic E-state index is 0.134. The molecule has 0 fully saturated rings. The van der Waals surface area contributed by atoms with Crippen LogP contribution in [0.3, 0.4) is 0 Å². The number of nitrogens with zero attached hydrogens (tertiary/aromatic N) is 2. The maximum absolute atomic E-state index is 11.8. The second kappa shape index (κ2) is 3.98. The summed E-state index contributed by atoms with van der Waals surface area (Å²) >= 11 is 1.14. The molecular formula is C9H7N3O4S. The van der Waals surface area contributed by atoms with Gasteiger partial charge in [-0.15, -0.1) is 11.3 Å². The number of nitrogens with two attached hydrogens (primary N) is 1. The lowest BCUT2D eigenvalue weighted by atomic mass is 10.3. The SMILES string of the molecule is NC(=O)Cc1csc2ncc(C(=O)O)c(=O)n12. The fourth-order valence-corrected chi connectivity index (χ4v) is 2.25. The summed E-state index contributed by atoms with van der Waals surface area (Å²) in [5.41, 5.74) is 4.24. The first kappa shape index (κ1) is 11.3. The molecule has 17 heavy (non-hydrogen) atoms. The van der Waals surface area contributed by atoms with Crippen LogP contribution >= 0.6 is 11.3 Å². The summed E-state index contributed by atoms with van der Waals surface area (Å²) in [4.78, 5) is 37.6. The van der Waals surface area contributed by atoms with Gasteiger partial charge in [-0.2, -0.15) is 0 Å². The van der Waals surface area contributed by atoms with Crippen molar-refractivity contribution in [3.8, 4) is 0 Å². The summed E-state index contributed by atoms with van der Waals surface area (Å²) in [6, 6.07) is 0. The lowest BCUT2D eigenvalue weighted by Gasteiger charge is -1.99. The van der Waals surface area contributed by atoms with Crippen molar-refractivity contribution < 1.29 is 14.7 Å². The maximum Gasteiger partial charge on any atom is 0.342 e. The molecule has 2 heterocycles. The van der Waals surface area contributed by atoms with Gasteiger partial charge in [0.25, 0.3) is 5.56 Å². The van der Waals surface area contributed by atoms with Crippen molar-refractivity contribution >= 4 is 28.2 Å². The molecule has 0 spiro atoms. The summed E-state index contributed by atoms with van der Waals surface area (Å²) in [5.74, 6) is -1.95. The third-order valence-electron chi connectivity index (χ3n) is 2.10. The van der Waals surface area contributed by atoms with Crippen molar-refractivity contribution in [1.82, 2.24) is 9.38 Å². The quantitative estimate of drug-likeness (QED) is 0.763. The molecule has 7 nitrogen and oxygen atoms in total. The highest BCUT2D eigenvalue weighted by atomic mass is 32.1. The molecule has 2 rings (SSSR count). The molecule has 2 aromatic rings. The Bertz CT molecular complexity index is 672. The molecule has 2 aromatic heterocycles. The van der Waals surface area contributed by atoms with Gasteiger partial charge in [0.05, 0.1) is 12.6 Å². The van der Waals surface area contributed by atoms with E-state index in [4.69, 9.17) is 10.8 Å². The van der Waals surface area contributed by atoms with Gasteiger partial charge in [-0.25, -0.2) is 9.78 Å². The smallest absolute Gasteiger partial charge is 0.342 e. The lowest BCUT2D eigenvalue weighted by Crippen LogP contribution is -2.25. The molecule has 88 valence electrons. The van der Waals surface area contributed by atoms with Crippen molar-refractivity contribution in [2.75, 3.05) is 0 Å². The van der Waals surface area contributed by atoms with Gasteiger partial charge in [-0.1, -0.05) is 0 Å². The topological polar surface area (TPSA) is 115 Å². The van der Waals surface area contributed by atoms with E-state index in [9.17, 15) is 14.4 Å². The number of hydrogen-bond acceptors (Lipinski definition) is 5. The number of aromatic nitrogens is 2. The molecule has 0 unspecified atom stereocenters. The number of hydrogen-bond donors (Lipinski definition) is 2. The van der Waals surface area contributed by atoms with E-state index in [0.29, 0.717) is 10.7 Å². The van der Waals surface area contributed by atoms with Gasteiger partial charge >= 0.3 is 5.97 Å². The third-order valence-corrected chi connectivity index (χ3v) is 2.99. The molecule has 3 N–H and O–H groups in total. The Morgan fingerprint density at radius 1 is 1.53 bits per heavy atom. The van der Waals surface area contributed by atoms with Crippen LogP contribution in [0.5, 0.6) is 0 Å². The zero-order chi connectivity index (χ0) is 12.6. The van der Waals surface area contributed by atoms with Crippen LogP contribution in [0.4, 0.5) is 0 Å². The monoisotopic (exact) mass is 253 g/mol. The summed E-state index contributed by atoms with van der Waals surface area (Å²) in [6.07, 6.45) is 0.870. The number of fused-ring (bicyclic) bond motifs is 1. The third kappa shape index (κ3) is 1.89. The van der Waals surface area contributed by atoms with Crippen LogP contribution in [0.25, 0.3) is 4.96 Å². The number of carbonyl (C=O) groups excluding carboxylic acids is 1.